The van der Waals surface area contributed by atoms with Gasteiger partial charge in [0.15, 0.2) is 28.3 Å². The van der Waals surface area contributed by atoms with Crippen LogP contribution in [0.5, 0.6) is 34.5 Å². The quantitative estimate of drug-likeness (QED) is 0.112. The van der Waals surface area contributed by atoms with E-state index in [2.05, 4.69) is 0 Å². The molecule has 12 N–H and O–H groups in total. The lowest BCUT2D eigenvalue weighted by Crippen LogP contribution is -2.60. The highest BCUT2D eigenvalue weighted by molar-refractivity contribution is 5.95. The van der Waals surface area contributed by atoms with Crippen LogP contribution in [-0.4, -0.2) is 136 Å². The topological polar surface area (TPSA) is 310 Å². The number of aliphatic hydroxyl groups is 8. The highest BCUT2D eigenvalue weighted by Gasteiger charge is 2.47. The van der Waals surface area contributed by atoms with Crippen LogP contribution in [0.15, 0.2) is 33.5 Å². The van der Waals surface area contributed by atoms with Crippen LogP contribution < -0.4 is 14.9 Å². The predicted octanol–water partition coefficient (Wildman–Crippen LogP) is -3.36. The summed E-state index contributed by atoms with van der Waals surface area (Å²) in [6.45, 7) is -1.71. The number of rotatable bonds is 7. The van der Waals surface area contributed by atoms with E-state index in [-0.39, 0.29) is 11.3 Å². The zero-order chi connectivity index (χ0) is 32.9. The maximum absolute atomic E-state index is 13.4. The molecule has 0 spiro atoms. The van der Waals surface area contributed by atoms with E-state index in [0.717, 1.165) is 18.2 Å². The third kappa shape index (κ3) is 5.68. The van der Waals surface area contributed by atoms with Gasteiger partial charge in [-0.25, -0.2) is 0 Å². The summed E-state index contributed by atoms with van der Waals surface area (Å²) >= 11 is 0. The van der Waals surface area contributed by atoms with E-state index in [9.17, 15) is 66.1 Å². The summed E-state index contributed by atoms with van der Waals surface area (Å²) < 4.78 is 27.3. The molecule has 2 saturated heterocycles. The van der Waals surface area contributed by atoms with Gasteiger partial charge in [0.1, 0.15) is 60.0 Å². The fourth-order valence-electron chi connectivity index (χ4n) is 4.92. The highest BCUT2D eigenvalue weighted by atomic mass is 16.7. The summed E-state index contributed by atoms with van der Waals surface area (Å²) in [6.07, 6.45) is -18.5. The minimum atomic E-state index is -2.04. The van der Waals surface area contributed by atoms with Crippen molar-refractivity contribution >= 4 is 11.0 Å². The molecule has 2 aliphatic heterocycles. The lowest BCUT2D eigenvalue weighted by molar-refractivity contribution is -0.279. The van der Waals surface area contributed by atoms with Gasteiger partial charge in [0, 0.05) is 11.6 Å². The third-order valence-corrected chi connectivity index (χ3v) is 7.46. The van der Waals surface area contributed by atoms with Gasteiger partial charge >= 0.3 is 0 Å². The first-order chi connectivity index (χ1) is 21.3. The van der Waals surface area contributed by atoms with Gasteiger partial charge in [0.25, 0.3) is 0 Å². The van der Waals surface area contributed by atoms with Crippen LogP contribution in [0.3, 0.4) is 0 Å². The van der Waals surface area contributed by atoms with E-state index in [1.807, 2.05) is 0 Å². The number of fused-ring (bicyclic) bond motifs is 1. The van der Waals surface area contributed by atoms with Crippen molar-refractivity contribution < 1.29 is 84.6 Å². The van der Waals surface area contributed by atoms with Crippen LogP contribution in [0.1, 0.15) is 0 Å². The zero-order valence-corrected chi connectivity index (χ0v) is 22.8. The Labute approximate surface area is 250 Å². The van der Waals surface area contributed by atoms with Gasteiger partial charge in [-0.3, -0.25) is 4.79 Å². The molecule has 0 bridgehead atoms. The van der Waals surface area contributed by atoms with E-state index < -0.39 is 126 Å². The Kier molecular flexibility index (Phi) is 8.97. The Balaban J connectivity index is 1.68. The molecule has 3 aromatic rings. The summed E-state index contributed by atoms with van der Waals surface area (Å²) in [5, 5.41) is 122. The number of aromatic hydroxyl groups is 4. The average molecular weight is 643 g/mol. The second-order valence-corrected chi connectivity index (χ2v) is 10.4. The molecule has 0 aliphatic carbocycles. The molecule has 18 heteroatoms. The molecular weight excluding hydrogens is 612 g/mol. The number of aliphatic hydroxyl groups excluding tert-OH is 8. The van der Waals surface area contributed by atoms with Crippen molar-refractivity contribution in [3.05, 3.63) is 34.5 Å². The molecule has 3 heterocycles. The van der Waals surface area contributed by atoms with Crippen LogP contribution in [-0.2, 0) is 9.47 Å². The minimum Gasteiger partial charge on any atom is -0.504 e. The standard InChI is InChI=1S/C27H30O18/c28-5-12-15(33)18(36)20(38)26(42-12)44-24-17(35)14-10(32)4-11(7-1-2-8(30)9(31)3-7)41-23(14)25(22(24)40)45-27-21(39)19(37)16(34)13(6-29)43-27/h1-4,12-13,15-16,18-21,26-31,33-40H,5-6H2/t12-,13-,15-,16-,18+,19+,20-,21-,26?,27?/m1/s1. The Morgan fingerprint density at radius 3 is 1.69 bits per heavy atom. The van der Waals surface area contributed by atoms with Crippen molar-refractivity contribution in [2.24, 2.45) is 0 Å². The monoisotopic (exact) mass is 642 g/mol. The van der Waals surface area contributed by atoms with Crippen molar-refractivity contribution in [2.45, 2.75) is 61.4 Å². The lowest BCUT2D eigenvalue weighted by atomic mass is 9.99. The van der Waals surface area contributed by atoms with Crippen LogP contribution in [0.2, 0.25) is 0 Å². The minimum absolute atomic E-state index is 0.0173. The molecule has 246 valence electrons. The highest BCUT2D eigenvalue weighted by Crippen LogP contribution is 2.51. The molecule has 0 radical (unpaired) electrons. The molecule has 1 aromatic heterocycles. The van der Waals surface area contributed by atoms with Crippen molar-refractivity contribution in [3.63, 3.8) is 0 Å². The second kappa shape index (κ2) is 12.4. The Hall–Kier alpha value is -3.95. The van der Waals surface area contributed by atoms with Gasteiger partial charge in [0.2, 0.25) is 29.8 Å². The molecule has 45 heavy (non-hydrogen) atoms. The zero-order valence-electron chi connectivity index (χ0n) is 22.8. The van der Waals surface area contributed by atoms with E-state index >= 15 is 0 Å². The summed E-state index contributed by atoms with van der Waals surface area (Å²) in [4.78, 5) is 13.4. The SMILES string of the molecule is O=c1cc(-c2ccc(O)c(O)c2)oc2c(OC3O[C@H](CO)[C@@H](O)[C@H](O)[C@H]3O)c(O)c(OC3O[C@H](CO)[C@@H](O)[C@H](O)[C@H]3O)c(O)c12. The van der Waals surface area contributed by atoms with Crippen molar-refractivity contribution in [1.82, 2.24) is 0 Å². The number of phenols is 4. The molecular formula is C27H30O18. The Bertz CT molecular complexity index is 1600. The van der Waals surface area contributed by atoms with E-state index in [1.54, 1.807) is 0 Å². The third-order valence-electron chi connectivity index (χ3n) is 7.46. The van der Waals surface area contributed by atoms with E-state index in [0.29, 0.717) is 0 Å². The normalized spacial score (nSPS) is 32.0. The Morgan fingerprint density at radius 2 is 1.18 bits per heavy atom. The Morgan fingerprint density at radius 1 is 0.644 bits per heavy atom. The molecule has 2 aromatic carbocycles. The number of ether oxygens (including phenoxy) is 4. The molecule has 0 amide bonds. The van der Waals surface area contributed by atoms with Crippen LogP contribution in [0.4, 0.5) is 0 Å². The van der Waals surface area contributed by atoms with Gasteiger partial charge in [0.05, 0.1) is 13.2 Å². The first kappa shape index (κ1) is 32.4. The summed E-state index contributed by atoms with van der Waals surface area (Å²) in [7, 11) is 0. The van der Waals surface area contributed by atoms with Crippen LogP contribution in [0.25, 0.3) is 22.3 Å². The number of phenolic OH excluding ortho intramolecular Hbond substituents is 4. The first-order valence-corrected chi connectivity index (χ1v) is 13.3. The second-order valence-electron chi connectivity index (χ2n) is 10.4. The number of benzene rings is 2. The largest absolute Gasteiger partial charge is 0.504 e. The predicted molar refractivity (Wildman–Crippen MR) is 143 cm³/mol. The number of hydrogen-bond acceptors (Lipinski definition) is 18. The molecule has 10 atom stereocenters. The van der Waals surface area contributed by atoms with Gasteiger partial charge in [-0.1, -0.05) is 0 Å². The van der Waals surface area contributed by atoms with E-state index in [4.69, 9.17) is 23.4 Å². The average Bonchev–Trinajstić information content (AvgIpc) is 3.01. The fourth-order valence-corrected chi connectivity index (χ4v) is 4.92. The number of hydrogen-bond donors (Lipinski definition) is 12. The van der Waals surface area contributed by atoms with Gasteiger partial charge in [-0.2, -0.15) is 0 Å². The lowest BCUT2D eigenvalue weighted by Gasteiger charge is -2.40. The van der Waals surface area contributed by atoms with Crippen molar-refractivity contribution in [3.8, 4) is 45.8 Å². The van der Waals surface area contributed by atoms with Gasteiger partial charge in [-0.05, 0) is 18.2 Å². The molecule has 2 fully saturated rings. The van der Waals surface area contributed by atoms with Crippen molar-refractivity contribution in [1.29, 1.82) is 0 Å². The van der Waals surface area contributed by atoms with Gasteiger partial charge < -0.3 is 84.6 Å². The van der Waals surface area contributed by atoms with Crippen LogP contribution in [0, 0.1) is 0 Å². The van der Waals surface area contributed by atoms with Gasteiger partial charge in [-0.15, -0.1) is 0 Å². The fraction of sp³-hybridized carbons (Fsp3) is 0.444. The molecule has 0 saturated carbocycles. The summed E-state index contributed by atoms with van der Waals surface area (Å²) in [5.74, 6) is -5.62. The first-order valence-electron chi connectivity index (χ1n) is 13.3. The smallest absolute Gasteiger partial charge is 0.229 e. The summed E-state index contributed by atoms with van der Waals surface area (Å²) in [5.41, 5.74) is -1.73. The maximum atomic E-state index is 13.4. The van der Waals surface area contributed by atoms with E-state index in [1.165, 1.54) is 6.07 Å². The van der Waals surface area contributed by atoms with Crippen molar-refractivity contribution in [2.75, 3.05) is 13.2 Å². The maximum Gasteiger partial charge on any atom is 0.229 e. The molecule has 5 rings (SSSR count). The molecule has 2 unspecified atom stereocenters. The molecule has 18 nitrogen and oxygen atoms in total. The molecule has 2 aliphatic rings. The summed E-state index contributed by atoms with van der Waals surface area (Å²) in [6, 6.07) is 4.19. The van der Waals surface area contributed by atoms with Crippen LogP contribution >= 0.6 is 0 Å².